The molecule has 2 nitrogen and oxygen atoms in total. The van der Waals surface area contributed by atoms with Gasteiger partial charge in [-0.05, 0) is 43.4 Å². The van der Waals surface area contributed by atoms with Gasteiger partial charge in [-0.2, -0.15) is 0 Å². The van der Waals surface area contributed by atoms with Gasteiger partial charge in [0.05, 0.1) is 6.73 Å². The van der Waals surface area contributed by atoms with Gasteiger partial charge in [0, 0.05) is 7.11 Å². The highest BCUT2D eigenvalue weighted by molar-refractivity contribution is 5.61. The van der Waals surface area contributed by atoms with Crippen molar-refractivity contribution in [2.24, 2.45) is 0 Å². The summed E-state index contributed by atoms with van der Waals surface area (Å²) in [6.45, 7) is 10.1. The molecule has 106 valence electrons. The molecular formula is C17H27NO. The number of hydrogen-bond donors (Lipinski definition) is 1. The van der Waals surface area contributed by atoms with E-state index in [0.717, 1.165) is 12.1 Å². The van der Waals surface area contributed by atoms with Crippen molar-refractivity contribution in [1.82, 2.24) is 5.32 Å². The molecule has 0 fully saturated rings. The van der Waals surface area contributed by atoms with Gasteiger partial charge in [0.2, 0.25) is 0 Å². The second kappa shape index (κ2) is 8.89. The summed E-state index contributed by atoms with van der Waals surface area (Å²) < 4.78 is 4.96. The lowest BCUT2D eigenvalue weighted by molar-refractivity contribution is 0.175. The molecule has 0 saturated carbocycles. The molecule has 2 heteroatoms. The largest absolute Gasteiger partial charge is 0.370 e. The van der Waals surface area contributed by atoms with Crippen LogP contribution in [0.5, 0.6) is 0 Å². The van der Waals surface area contributed by atoms with Crippen molar-refractivity contribution in [3.05, 3.63) is 42.0 Å². The van der Waals surface area contributed by atoms with Crippen molar-refractivity contribution in [2.75, 3.05) is 20.4 Å². The van der Waals surface area contributed by atoms with Crippen molar-refractivity contribution < 1.29 is 4.74 Å². The number of hydrogen-bond acceptors (Lipinski definition) is 2. The summed E-state index contributed by atoms with van der Waals surface area (Å²) >= 11 is 0. The Morgan fingerprint density at radius 1 is 1.37 bits per heavy atom. The van der Waals surface area contributed by atoms with Crippen LogP contribution < -0.4 is 5.32 Å². The van der Waals surface area contributed by atoms with E-state index in [1.54, 1.807) is 7.11 Å². The van der Waals surface area contributed by atoms with Gasteiger partial charge in [0.1, 0.15) is 0 Å². The van der Waals surface area contributed by atoms with Gasteiger partial charge >= 0.3 is 0 Å². The zero-order chi connectivity index (χ0) is 14.1. The Kier molecular flexibility index (Phi) is 7.46. The van der Waals surface area contributed by atoms with Crippen LogP contribution in [0.4, 0.5) is 0 Å². The molecule has 0 aliphatic carbocycles. The summed E-state index contributed by atoms with van der Waals surface area (Å²) in [5.41, 5.74) is 3.81. The predicted octanol–water partition coefficient (Wildman–Crippen LogP) is 4.19. The second-order valence-corrected chi connectivity index (χ2v) is 5.24. The van der Waals surface area contributed by atoms with Gasteiger partial charge in [0.25, 0.3) is 0 Å². The maximum absolute atomic E-state index is 4.96. The van der Waals surface area contributed by atoms with E-state index in [0.29, 0.717) is 12.6 Å². The zero-order valence-electron chi connectivity index (χ0n) is 12.5. The average molecular weight is 261 g/mol. The number of allylic oxidation sites excluding steroid dienone is 1. The third kappa shape index (κ3) is 6.04. The first-order valence-electron chi connectivity index (χ1n) is 7.10. The van der Waals surface area contributed by atoms with Gasteiger partial charge in [-0.25, -0.2) is 0 Å². The molecule has 1 aromatic carbocycles. The zero-order valence-corrected chi connectivity index (χ0v) is 12.5. The molecule has 0 heterocycles. The molecular weight excluding hydrogens is 234 g/mol. The Morgan fingerprint density at radius 3 is 2.84 bits per heavy atom. The van der Waals surface area contributed by atoms with Crippen LogP contribution in [0.3, 0.4) is 0 Å². The highest BCUT2D eigenvalue weighted by Crippen LogP contribution is 2.24. The number of nitrogens with one attached hydrogen (secondary N) is 1. The molecule has 0 aromatic heterocycles. The van der Waals surface area contributed by atoms with Crippen LogP contribution in [0.25, 0.3) is 5.57 Å². The Morgan fingerprint density at radius 2 is 2.16 bits per heavy atom. The minimum atomic E-state index is 0.613. The lowest BCUT2D eigenvalue weighted by Crippen LogP contribution is -2.17. The number of benzene rings is 1. The first-order valence-corrected chi connectivity index (χ1v) is 7.10. The van der Waals surface area contributed by atoms with Gasteiger partial charge in [-0.3, -0.25) is 5.32 Å². The third-order valence-corrected chi connectivity index (χ3v) is 3.44. The van der Waals surface area contributed by atoms with Crippen molar-refractivity contribution in [1.29, 1.82) is 0 Å². The van der Waals surface area contributed by atoms with E-state index < -0.39 is 0 Å². The summed E-state index contributed by atoms with van der Waals surface area (Å²) in [6.07, 6.45) is 3.68. The highest BCUT2D eigenvalue weighted by Gasteiger charge is 2.06. The molecule has 1 rings (SSSR count). The maximum atomic E-state index is 4.96. The van der Waals surface area contributed by atoms with E-state index in [4.69, 9.17) is 4.74 Å². The SMILES string of the molecule is C=C(C)c1cccc(C(C)CCCCNCOC)c1. The molecule has 0 spiro atoms. The van der Waals surface area contributed by atoms with E-state index in [2.05, 4.69) is 50.0 Å². The van der Waals surface area contributed by atoms with Gasteiger partial charge < -0.3 is 4.74 Å². The maximum Gasteiger partial charge on any atom is 0.0961 e. The fourth-order valence-corrected chi connectivity index (χ4v) is 2.15. The van der Waals surface area contributed by atoms with Crippen molar-refractivity contribution >= 4 is 5.57 Å². The quantitative estimate of drug-likeness (QED) is 0.531. The van der Waals surface area contributed by atoms with Crippen LogP contribution in [-0.4, -0.2) is 20.4 Å². The van der Waals surface area contributed by atoms with Crippen molar-refractivity contribution in [3.8, 4) is 0 Å². The van der Waals surface area contributed by atoms with Crippen LogP contribution in [0.1, 0.15) is 50.2 Å². The topological polar surface area (TPSA) is 21.3 Å². The van der Waals surface area contributed by atoms with Crippen molar-refractivity contribution in [3.63, 3.8) is 0 Å². The minimum absolute atomic E-state index is 0.613. The lowest BCUT2D eigenvalue weighted by Gasteiger charge is -2.13. The first-order chi connectivity index (χ1) is 9.15. The molecule has 0 amide bonds. The molecule has 0 saturated heterocycles. The fourth-order valence-electron chi connectivity index (χ4n) is 2.15. The molecule has 0 radical (unpaired) electrons. The number of methoxy groups -OCH3 is 1. The number of ether oxygens (including phenoxy) is 1. The number of rotatable bonds is 9. The lowest BCUT2D eigenvalue weighted by atomic mass is 9.93. The normalized spacial score (nSPS) is 12.4. The van der Waals surface area contributed by atoms with Crippen LogP contribution in [0.2, 0.25) is 0 Å². The fraction of sp³-hybridized carbons (Fsp3) is 0.529. The summed E-state index contributed by atoms with van der Waals surface area (Å²) in [5.74, 6) is 0.613. The van der Waals surface area contributed by atoms with Crippen LogP contribution in [-0.2, 0) is 4.74 Å². The van der Waals surface area contributed by atoms with E-state index in [1.807, 2.05) is 0 Å². The summed E-state index contributed by atoms with van der Waals surface area (Å²) in [4.78, 5) is 0. The minimum Gasteiger partial charge on any atom is -0.370 e. The van der Waals surface area contributed by atoms with Gasteiger partial charge in [0.15, 0.2) is 0 Å². The smallest absolute Gasteiger partial charge is 0.0961 e. The molecule has 1 aromatic rings. The molecule has 0 bridgehead atoms. The standard InChI is InChI=1S/C17H27NO/c1-14(2)16-9-7-10-17(12-16)15(3)8-5-6-11-18-13-19-4/h7,9-10,12,15,18H,1,5-6,8,11,13H2,2-4H3. The summed E-state index contributed by atoms with van der Waals surface area (Å²) in [5, 5.41) is 3.24. The van der Waals surface area contributed by atoms with Gasteiger partial charge in [-0.1, -0.05) is 49.8 Å². The Bertz CT molecular complexity index is 387. The Hall–Kier alpha value is -1.12. The second-order valence-electron chi connectivity index (χ2n) is 5.24. The highest BCUT2D eigenvalue weighted by atomic mass is 16.5. The average Bonchev–Trinajstić information content (AvgIpc) is 2.42. The van der Waals surface area contributed by atoms with E-state index in [9.17, 15) is 0 Å². The number of unbranched alkanes of at least 4 members (excludes halogenated alkanes) is 1. The van der Waals surface area contributed by atoms with Crippen molar-refractivity contribution in [2.45, 2.75) is 39.0 Å². The van der Waals surface area contributed by atoms with Crippen LogP contribution >= 0.6 is 0 Å². The summed E-state index contributed by atoms with van der Waals surface area (Å²) in [7, 11) is 1.71. The van der Waals surface area contributed by atoms with Crippen LogP contribution in [0, 0.1) is 0 Å². The van der Waals surface area contributed by atoms with E-state index >= 15 is 0 Å². The molecule has 19 heavy (non-hydrogen) atoms. The predicted molar refractivity (Wildman–Crippen MR) is 83.3 cm³/mol. The summed E-state index contributed by atoms with van der Waals surface area (Å²) in [6, 6.07) is 8.76. The molecule has 1 unspecified atom stereocenters. The van der Waals surface area contributed by atoms with E-state index in [1.165, 1.54) is 30.4 Å². The first kappa shape index (κ1) is 15.9. The Labute approximate surface area is 117 Å². The molecule has 0 aliphatic rings. The van der Waals surface area contributed by atoms with Crippen LogP contribution in [0.15, 0.2) is 30.8 Å². The third-order valence-electron chi connectivity index (χ3n) is 3.44. The van der Waals surface area contributed by atoms with E-state index in [-0.39, 0.29) is 0 Å². The molecule has 1 atom stereocenters. The van der Waals surface area contributed by atoms with Gasteiger partial charge in [-0.15, -0.1) is 0 Å². The monoisotopic (exact) mass is 261 g/mol. The molecule has 0 aliphatic heterocycles. The Balaban J connectivity index is 2.34. The molecule has 1 N–H and O–H groups in total.